The number of nitriles is 1. The van der Waals surface area contributed by atoms with Crippen LogP contribution in [-0.4, -0.2) is 24.5 Å². The van der Waals surface area contributed by atoms with Crippen LogP contribution in [0.2, 0.25) is 10.0 Å². The van der Waals surface area contributed by atoms with Gasteiger partial charge in [-0.3, -0.25) is 0 Å². The molecule has 0 aliphatic heterocycles. The fourth-order valence-corrected chi connectivity index (χ4v) is 3.79. The summed E-state index contributed by atoms with van der Waals surface area (Å²) in [4.78, 5) is -0.676. The lowest BCUT2D eigenvalue weighted by Gasteiger charge is -2.13. The molecule has 2 aromatic rings. The van der Waals surface area contributed by atoms with Crippen molar-refractivity contribution in [2.24, 2.45) is 0 Å². The monoisotopic (exact) mass is 415 g/mol. The first-order chi connectivity index (χ1) is 11.4. The van der Waals surface area contributed by atoms with Crippen LogP contribution in [0.25, 0.3) is 5.69 Å². The number of sulfone groups is 1. The molecule has 0 bridgehead atoms. The molecule has 1 aromatic heterocycles. The second-order valence-corrected chi connectivity index (χ2v) is 7.61. The first kappa shape index (κ1) is 19.5. The van der Waals surface area contributed by atoms with Crippen molar-refractivity contribution in [3.8, 4) is 11.8 Å². The summed E-state index contributed by atoms with van der Waals surface area (Å²) in [5.41, 5.74) is -2.70. The van der Waals surface area contributed by atoms with Crippen LogP contribution in [0.15, 0.2) is 17.0 Å². The summed E-state index contributed by atoms with van der Waals surface area (Å²) < 4.78 is 76.0. The molecule has 1 heterocycles. The van der Waals surface area contributed by atoms with Crippen LogP contribution in [0, 0.1) is 11.3 Å². The van der Waals surface area contributed by atoms with Gasteiger partial charge < -0.3 is 0 Å². The highest BCUT2D eigenvalue weighted by atomic mass is 35.5. The number of nitrogens with zero attached hydrogens (tertiary/aromatic N) is 3. The highest BCUT2D eigenvalue weighted by molar-refractivity contribution is 7.90. The first-order valence-electron chi connectivity index (χ1n) is 6.26. The summed E-state index contributed by atoms with van der Waals surface area (Å²) in [6.45, 7) is -1.37. The molecular weight excluding hydrogens is 409 g/mol. The van der Waals surface area contributed by atoms with Gasteiger partial charge in [0.2, 0.25) is 0 Å². The number of aromatic nitrogens is 2. The molecule has 1 aromatic carbocycles. The van der Waals surface area contributed by atoms with Crippen molar-refractivity contribution in [3.05, 3.63) is 39.1 Å². The van der Waals surface area contributed by atoms with E-state index < -0.39 is 54.6 Å². The summed E-state index contributed by atoms with van der Waals surface area (Å²) in [6.07, 6.45) is -3.99. The molecule has 0 aliphatic rings. The molecule has 0 amide bonds. The Kier molecular flexibility index (Phi) is 5.05. The Hall–Kier alpha value is -1.83. The number of hydrogen-bond acceptors (Lipinski definition) is 4. The van der Waals surface area contributed by atoms with Crippen molar-refractivity contribution in [3.63, 3.8) is 0 Å². The van der Waals surface area contributed by atoms with Crippen molar-refractivity contribution in [1.82, 2.24) is 9.78 Å². The predicted molar refractivity (Wildman–Crippen MR) is 81.2 cm³/mol. The molecule has 25 heavy (non-hydrogen) atoms. The van der Waals surface area contributed by atoms with E-state index in [0.29, 0.717) is 16.8 Å². The number of hydrogen-bond donors (Lipinski definition) is 0. The van der Waals surface area contributed by atoms with E-state index in [1.165, 1.54) is 6.07 Å². The Morgan fingerprint density at radius 2 is 1.80 bits per heavy atom. The zero-order valence-electron chi connectivity index (χ0n) is 12.2. The van der Waals surface area contributed by atoms with E-state index in [2.05, 4.69) is 5.10 Å². The average molecular weight is 416 g/mol. The highest BCUT2D eigenvalue weighted by Gasteiger charge is 2.33. The molecule has 5 nitrogen and oxygen atoms in total. The van der Waals surface area contributed by atoms with Gasteiger partial charge in [-0.15, -0.1) is 0 Å². The Morgan fingerprint density at radius 3 is 2.16 bits per heavy atom. The van der Waals surface area contributed by atoms with Gasteiger partial charge in [-0.1, -0.05) is 23.2 Å². The van der Waals surface area contributed by atoms with Gasteiger partial charge in [0.25, 0.3) is 0 Å². The fourth-order valence-electron chi connectivity index (χ4n) is 2.14. The summed E-state index contributed by atoms with van der Waals surface area (Å²) in [5.74, 6) is 0. The number of alkyl halides is 4. The molecule has 0 atom stereocenters. The molecule has 0 radical (unpaired) electrons. The third-order valence-corrected chi connectivity index (χ3v) is 4.84. The van der Waals surface area contributed by atoms with Crippen molar-refractivity contribution in [2.45, 2.75) is 17.7 Å². The quantitative estimate of drug-likeness (QED) is 0.711. The average Bonchev–Trinajstić information content (AvgIpc) is 2.84. The van der Waals surface area contributed by atoms with Gasteiger partial charge in [0.1, 0.15) is 23.3 Å². The topological polar surface area (TPSA) is 75.8 Å². The maximum Gasteiger partial charge on any atom is 0.416 e. The van der Waals surface area contributed by atoms with E-state index in [1.54, 1.807) is 0 Å². The van der Waals surface area contributed by atoms with Crippen molar-refractivity contribution < 1.29 is 26.0 Å². The van der Waals surface area contributed by atoms with Crippen molar-refractivity contribution >= 4 is 33.0 Å². The molecule has 0 spiro atoms. The van der Waals surface area contributed by atoms with Gasteiger partial charge >= 0.3 is 6.18 Å². The van der Waals surface area contributed by atoms with Gasteiger partial charge in [0.15, 0.2) is 15.5 Å². The maximum atomic E-state index is 13.4. The molecule has 0 saturated carbocycles. The van der Waals surface area contributed by atoms with Gasteiger partial charge in [-0.2, -0.15) is 23.5 Å². The van der Waals surface area contributed by atoms with Crippen molar-refractivity contribution in [2.75, 3.05) is 6.26 Å². The van der Waals surface area contributed by atoms with Crippen LogP contribution in [0.3, 0.4) is 0 Å². The molecule has 12 heteroatoms. The molecule has 0 saturated heterocycles. The van der Waals surface area contributed by atoms with Gasteiger partial charge in [0, 0.05) is 6.26 Å². The molecular formula is C13H7Cl2F4N3O2S. The fraction of sp³-hybridized carbons (Fsp3) is 0.231. The van der Waals surface area contributed by atoms with Crippen LogP contribution in [0.5, 0.6) is 0 Å². The van der Waals surface area contributed by atoms with Gasteiger partial charge in [-0.25, -0.2) is 17.5 Å². The Morgan fingerprint density at radius 1 is 1.28 bits per heavy atom. The van der Waals surface area contributed by atoms with Crippen LogP contribution in [0.4, 0.5) is 17.6 Å². The minimum Gasteiger partial charge on any atom is -0.244 e. The van der Waals surface area contributed by atoms with Gasteiger partial charge in [0.05, 0.1) is 21.3 Å². The van der Waals surface area contributed by atoms with Crippen LogP contribution < -0.4 is 0 Å². The van der Waals surface area contributed by atoms with E-state index in [1.807, 2.05) is 0 Å². The normalized spacial score (nSPS) is 12.2. The summed E-state index contributed by atoms with van der Waals surface area (Å²) in [6, 6.07) is 2.58. The lowest BCUT2D eigenvalue weighted by molar-refractivity contribution is -0.137. The van der Waals surface area contributed by atoms with Crippen LogP contribution in [0.1, 0.15) is 17.0 Å². The maximum absolute atomic E-state index is 13.4. The van der Waals surface area contributed by atoms with Crippen LogP contribution >= 0.6 is 23.2 Å². The standard InChI is InChI=1S/C13H7Cl2F4N3O2S/c1-25(23,24)12-9(5-20)21-22(10(12)4-16)11-7(14)2-6(3-8(11)15)13(17,18)19/h2-3H,4H2,1H3. The number of benzene rings is 1. The van der Waals surface area contributed by atoms with E-state index >= 15 is 0 Å². The third kappa shape index (κ3) is 3.58. The molecule has 0 N–H and O–H groups in total. The Balaban J connectivity index is 2.85. The van der Waals surface area contributed by atoms with E-state index in [4.69, 9.17) is 28.5 Å². The minimum absolute atomic E-state index is 0.365. The van der Waals surface area contributed by atoms with E-state index in [0.717, 1.165) is 6.26 Å². The lowest BCUT2D eigenvalue weighted by Crippen LogP contribution is -2.09. The van der Waals surface area contributed by atoms with E-state index in [-0.39, 0.29) is 5.69 Å². The summed E-state index contributed by atoms with van der Waals surface area (Å²) >= 11 is 11.6. The van der Waals surface area contributed by atoms with Crippen molar-refractivity contribution in [1.29, 1.82) is 5.26 Å². The first-order valence-corrected chi connectivity index (χ1v) is 8.91. The molecule has 0 unspecified atom stereocenters. The zero-order valence-corrected chi connectivity index (χ0v) is 14.5. The molecule has 0 aliphatic carbocycles. The summed E-state index contributed by atoms with van der Waals surface area (Å²) in [7, 11) is -4.04. The lowest BCUT2D eigenvalue weighted by atomic mass is 10.2. The Labute approximate surface area is 149 Å². The SMILES string of the molecule is CS(=O)(=O)c1c(C#N)nn(-c2c(Cl)cc(C(F)(F)F)cc2Cl)c1CF. The minimum atomic E-state index is -4.73. The van der Waals surface area contributed by atoms with E-state index in [9.17, 15) is 26.0 Å². The zero-order chi connectivity index (χ0) is 19.2. The number of rotatable bonds is 3. The molecule has 0 fully saturated rings. The van der Waals surface area contributed by atoms with Crippen LogP contribution in [-0.2, 0) is 22.7 Å². The number of halogens is 6. The van der Waals surface area contributed by atoms with Gasteiger partial charge in [-0.05, 0) is 12.1 Å². The molecule has 134 valence electrons. The summed E-state index contributed by atoms with van der Waals surface area (Å²) in [5, 5.41) is 11.6. The second kappa shape index (κ2) is 6.48. The predicted octanol–water partition coefficient (Wildman–Crippen LogP) is 3.94. The second-order valence-electron chi connectivity index (χ2n) is 4.84. The Bertz CT molecular complexity index is 971. The smallest absolute Gasteiger partial charge is 0.244 e. The molecule has 2 rings (SSSR count). The third-order valence-electron chi connectivity index (χ3n) is 3.09. The highest BCUT2D eigenvalue weighted by Crippen LogP contribution is 2.38. The largest absolute Gasteiger partial charge is 0.416 e.